The second kappa shape index (κ2) is 16.5. The third kappa shape index (κ3) is 15.3. The van der Waals surface area contributed by atoms with E-state index in [9.17, 15) is 25.3 Å². The van der Waals surface area contributed by atoms with Crippen molar-refractivity contribution in [1.29, 1.82) is 0 Å². The summed E-state index contributed by atoms with van der Waals surface area (Å²) in [4.78, 5) is 1.96. The van der Waals surface area contributed by atoms with Crippen molar-refractivity contribution < 1.29 is 56.2 Å². The molecule has 0 radical (unpaired) electrons. The van der Waals surface area contributed by atoms with Gasteiger partial charge in [-0.1, -0.05) is 5.21 Å². The maximum atomic E-state index is 10.8. The second-order valence-electron chi connectivity index (χ2n) is 9.06. The molecule has 0 atom stereocenters. The van der Waals surface area contributed by atoms with E-state index in [1.165, 1.54) is 9.69 Å². The summed E-state index contributed by atoms with van der Waals surface area (Å²) < 4.78 is 110. The maximum Gasteiger partial charge on any atom is 0.397 e. The van der Waals surface area contributed by atoms with Gasteiger partial charge in [0.2, 0.25) is 0 Å². The SMILES string of the molecule is O=S(=O)(O)OCCCCOCN1C=C(CN(CC2=CN(CCOS(=O)(=O)O)NN2)Cc2cn(CCOS(=O)(=O)O)nn2)NN1. The molecule has 1 aromatic rings. The third-order valence-electron chi connectivity index (χ3n) is 5.37. The molecule has 7 N–H and O–H groups in total. The molecule has 0 aromatic carbocycles. The number of hydrogen-bond donors (Lipinski definition) is 7. The molecule has 252 valence electrons. The largest absolute Gasteiger partial charge is 0.397 e. The van der Waals surface area contributed by atoms with Crippen LogP contribution in [0.5, 0.6) is 0 Å². The van der Waals surface area contributed by atoms with E-state index in [2.05, 4.69) is 44.8 Å². The second-order valence-corrected chi connectivity index (χ2v) is 12.3. The topological polar surface area (TPSA) is 289 Å². The van der Waals surface area contributed by atoms with Gasteiger partial charge in [-0.15, -0.1) is 16.2 Å². The molecule has 23 nitrogen and oxygen atoms in total. The Morgan fingerprint density at radius 2 is 1.27 bits per heavy atom. The number of aromatic nitrogens is 3. The molecule has 1 aromatic heterocycles. The molecule has 0 spiro atoms. The lowest BCUT2D eigenvalue weighted by Crippen LogP contribution is -2.41. The fourth-order valence-electron chi connectivity index (χ4n) is 3.65. The number of rotatable bonds is 22. The van der Waals surface area contributed by atoms with Crippen LogP contribution in [0.1, 0.15) is 18.5 Å². The highest BCUT2D eigenvalue weighted by molar-refractivity contribution is 7.81. The van der Waals surface area contributed by atoms with Crippen LogP contribution in [-0.2, 0) is 61.6 Å². The van der Waals surface area contributed by atoms with Crippen LogP contribution < -0.4 is 21.9 Å². The first-order valence-electron chi connectivity index (χ1n) is 12.7. The Kier molecular flexibility index (Phi) is 13.4. The highest BCUT2D eigenvalue weighted by atomic mass is 32.3. The Hall–Kier alpha value is -2.73. The Balaban J connectivity index is 1.54. The zero-order valence-electron chi connectivity index (χ0n) is 23.0. The van der Waals surface area contributed by atoms with Gasteiger partial charge < -0.3 is 15.6 Å². The Labute approximate surface area is 253 Å². The third-order valence-corrected chi connectivity index (χ3v) is 6.76. The normalized spacial score (nSPS) is 15.9. The molecule has 3 rings (SSSR count). The number of nitrogens with zero attached hydrogens (tertiary/aromatic N) is 6. The molecule has 26 heteroatoms. The molecular formula is C18H34N10O13S3. The van der Waals surface area contributed by atoms with Crippen molar-refractivity contribution >= 4 is 31.2 Å². The highest BCUT2D eigenvalue weighted by Crippen LogP contribution is 2.11. The molecule has 0 amide bonds. The molecule has 0 fully saturated rings. The summed E-state index contributed by atoms with van der Waals surface area (Å²) in [6.07, 6.45) is 5.90. The zero-order chi connectivity index (χ0) is 32.2. The standard InChI is InChI=1S/C18H34N10O13S3/c29-42(30,31)39-6-2-1-5-38-15-28-14-18(21-24-28)11-25(9-16-12-26(22-19-16)3-7-40-43(32,33)34)10-17-13-27(23-20-17)4-8-41-44(35,36)37/h12-14,19,21-22,24H,1-11,15H2,(H,29,30,31)(H,32,33,34)(H,35,36,37). The fraction of sp³-hybridized carbons (Fsp3) is 0.667. The van der Waals surface area contributed by atoms with Gasteiger partial charge in [-0.25, -0.2) is 17.2 Å². The molecule has 2 aliphatic rings. The summed E-state index contributed by atoms with van der Waals surface area (Å²) in [6.45, 7) is 0.757. The van der Waals surface area contributed by atoms with Crippen molar-refractivity contribution in [3.63, 3.8) is 0 Å². The van der Waals surface area contributed by atoms with Gasteiger partial charge in [-0.2, -0.15) is 25.3 Å². The zero-order valence-corrected chi connectivity index (χ0v) is 25.5. The van der Waals surface area contributed by atoms with E-state index in [1.807, 2.05) is 4.90 Å². The van der Waals surface area contributed by atoms with Crippen LogP contribution in [0.2, 0.25) is 0 Å². The van der Waals surface area contributed by atoms with Crippen LogP contribution in [0.4, 0.5) is 0 Å². The van der Waals surface area contributed by atoms with Gasteiger partial charge in [0.1, 0.15) is 6.73 Å². The number of nitrogens with one attached hydrogen (secondary N) is 4. The van der Waals surface area contributed by atoms with Gasteiger partial charge in [0.15, 0.2) is 0 Å². The van der Waals surface area contributed by atoms with Gasteiger partial charge in [0.05, 0.1) is 50.0 Å². The van der Waals surface area contributed by atoms with E-state index in [4.69, 9.17) is 18.4 Å². The van der Waals surface area contributed by atoms with Gasteiger partial charge in [0, 0.05) is 44.8 Å². The first kappa shape index (κ1) is 35.7. The van der Waals surface area contributed by atoms with Crippen molar-refractivity contribution in [2.24, 2.45) is 0 Å². The van der Waals surface area contributed by atoms with E-state index in [1.54, 1.807) is 23.6 Å². The lowest BCUT2D eigenvalue weighted by atomic mass is 10.3. The monoisotopic (exact) mass is 694 g/mol. The predicted molar refractivity (Wildman–Crippen MR) is 145 cm³/mol. The number of hydrogen-bond acceptors (Lipinski definition) is 19. The minimum Gasteiger partial charge on any atom is -0.360 e. The first-order chi connectivity index (χ1) is 20.6. The molecule has 3 heterocycles. The van der Waals surface area contributed by atoms with Gasteiger partial charge >= 0.3 is 31.2 Å². The van der Waals surface area contributed by atoms with Crippen LogP contribution in [0, 0.1) is 0 Å². The van der Waals surface area contributed by atoms with Crippen molar-refractivity contribution in [3.05, 3.63) is 35.7 Å². The first-order valence-corrected chi connectivity index (χ1v) is 16.8. The summed E-state index contributed by atoms with van der Waals surface area (Å²) >= 11 is 0. The van der Waals surface area contributed by atoms with E-state index < -0.39 is 31.2 Å². The molecule has 0 saturated carbocycles. The van der Waals surface area contributed by atoms with E-state index in [0.29, 0.717) is 43.9 Å². The summed E-state index contributed by atoms with van der Waals surface area (Å²) in [5.74, 6) is 0. The van der Waals surface area contributed by atoms with Crippen molar-refractivity contribution in [2.45, 2.75) is 25.9 Å². The summed E-state index contributed by atoms with van der Waals surface area (Å²) in [5.41, 5.74) is 13.7. The van der Waals surface area contributed by atoms with Crippen LogP contribution in [-0.4, -0.2) is 122 Å². The number of hydrazine groups is 4. The minimum atomic E-state index is -4.58. The van der Waals surface area contributed by atoms with Crippen LogP contribution in [0.25, 0.3) is 0 Å². The molecule has 2 aliphatic heterocycles. The van der Waals surface area contributed by atoms with Crippen LogP contribution in [0.3, 0.4) is 0 Å². The van der Waals surface area contributed by atoms with E-state index in [0.717, 1.165) is 5.70 Å². The average Bonchev–Trinajstić information content (AvgIpc) is 3.64. The molecule has 0 saturated heterocycles. The molecule has 44 heavy (non-hydrogen) atoms. The molecular weight excluding hydrogens is 660 g/mol. The maximum absolute atomic E-state index is 10.8. The van der Waals surface area contributed by atoms with E-state index in [-0.39, 0.29) is 46.2 Å². The average molecular weight is 695 g/mol. The smallest absolute Gasteiger partial charge is 0.360 e. The van der Waals surface area contributed by atoms with Crippen molar-refractivity contribution in [2.75, 3.05) is 52.8 Å². The van der Waals surface area contributed by atoms with E-state index >= 15 is 0 Å². The minimum absolute atomic E-state index is 0.0170. The predicted octanol–water partition coefficient (Wildman–Crippen LogP) is -3.37. The van der Waals surface area contributed by atoms with Gasteiger partial charge in [-0.05, 0) is 12.8 Å². The summed E-state index contributed by atoms with van der Waals surface area (Å²) in [5, 5.41) is 11.2. The number of unbranched alkanes of at least 4 members (excludes halogenated alkanes) is 1. The molecule has 0 unspecified atom stereocenters. The highest BCUT2D eigenvalue weighted by Gasteiger charge is 2.20. The van der Waals surface area contributed by atoms with Crippen molar-refractivity contribution in [1.82, 2.24) is 51.8 Å². The van der Waals surface area contributed by atoms with Crippen molar-refractivity contribution in [3.8, 4) is 0 Å². The fourth-order valence-corrected chi connectivity index (χ4v) is 4.55. The molecule has 0 aliphatic carbocycles. The lowest BCUT2D eigenvalue weighted by Gasteiger charge is -2.21. The van der Waals surface area contributed by atoms with Gasteiger partial charge in [-0.3, -0.25) is 28.6 Å². The summed E-state index contributed by atoms with van der Waals surface area (Å²) in [6, 6.07) is 0. The van der Waals surface area contributed by atoms with Crippen LogP contribution >= 0.6 is 0 Å². The Morgan fingerprint density at radius 1 is 0.727 bits per heavy atom. The lowest BCUT2D eigenvalue weighted by molar-refractivity contribution is 0.0270. The summed E-state index contributed by atoms with van der Waals surface area (Å²) in [7, 11) is -13.6. The van der Waals surface area contributed by atoms with Gasteiger partial charge in [0.25, 0.3) is 0 Å². The Bertz CT molecular complexity index is 1450. The quantitative estimate of drug-likeness (QED) is 0.0460. The Morgan fingerprint density at radius 3 is 1.91 bits per heavy atom. The van der Waals surface area contributed by atoms with Crippen LogP contribution in [0.15, 0.2) is 30.0 Å². The molecule has 0 bridgehead atoms. The number of ether oxygens (including phenoxy) is 1.